The quantitative estimate of drug-likeness (QED) is 0.0366. The number of ether oxygens (including phenoxy) is 3. The lowest BCUT2D eigenvalue weighted by atomic mass is 10.00. The second-order valence-corrected chi connectivity index (χ2v) is 15.3. The molecule has 49 heavy (non-hydrogen) atoms. The summed E-state index contributed by atoms with van der Waals surface area (Å²) in [5.41, 5.74) is 0. The van der Waals surface area contributed by atoms with Gasteiger partial charge < -0.3 is 14.2 Å². The van der Waals surface area contributed by atoms with Crippen LogP contribution in [0.25, 0.3) is 0 Å². The molecule has 0 fully saturated rings. The monoisotopic (exact) mass is 695 g/mol. The highest BCUT2D eigenvalue weighted by Gasteiger charge is 2.19. The molecule has 0 aromatic rings. The van der Waals surface area contributed by atoms with Gasteiger partial charge in [0, 0.05) is 19.3 Å². The van der Waals surface area contributed by atoms with Gasteiger partial charge in [-0.15, -0.1) is 0 Å². The molecule has 2 atom stereocenters. The topological polar surface area (TPSA) is 78.9 Å². The Morgan fingerprint density at radius 2 is 0.776 bits per heavy atom. The standard InChI is InChI=1S/C43H82O6/c1-6-8-9-10-16-23-28-33-41(44)47-36-40(49-43(46)35-30-25-20-19-22-27-32-39(5)7-2)37-48-42(45)34-29-24-18-15-13-11-12-14-17-21-26-31-38(3)4/h38-40H,6-37H2,1-5H3/t39?,40-/m1/s1. The third-order valence-electron chi connectivity index (χ3n) is 9.83. The van der Waals surface area contributed by atoms with E-state index in [9.17, 15) is 14.4 Å². The summed E-state index contributed by atoms with van der Waals surface area (Å²) in [5.74, 6) is 0.766. The van der Waals surface area contributed by atoms with E-state index < -0.39 is 6.10 Å². The average Bonchev–Trinajstić information content (AvgIpc) is 3.08. The molecule has 0 aliphatic heterocycles. The molecule has 0 bridgehead atoms. The van der Waals surface area contributed by atoms with E-state index in [0.717, 1.165) is 69.6 Å². The van der Waals surface area contributed by atoms with Crippen LogP contribution in [0.4, 0.5) is 0 Å². The number of hydrogen-bond acceptors (Lipinski definition) is 6. The highest BCUT2D eigenvalue weighted by Crippen LogP contribution is 2.16. The van der Waals surface area contributed by atoms with Crippen molar-refractivity contribution in [2.75, 3.05) is 13.2 Å². The maximum atomic E-state index is 12.6. The lowest BCUT2D eigenvalue weighted by molar-refractivity contribution is -0.167. The number of carbonyl (C=O) groups is 3. The third-order valence-corrected chi connectivity index (χ3v) is 9.83. The molecule has 0 saturated heterocycles. The van der Waals surface area contributed by atoms with Crippen LogP contribution in [-0.4, -0.2) is 37.2 Å². The zero-order valence-corrected chi connectivity index (χ0v) is 33.3. The molecule has 0 aromatic heterocycles. The first kappa shape index (κ1) is 47.4. The minimum Gasteiger partial charge on any atom is -0.462 e. The van der Waals surface area contributed by atoms with Crippen LogP contribution in [0.3, 0.4) is 0 Å². The molecule has 0 amide bonds. The number of hydrogen-bond donors (Lipinski definition) is 0. The van der Waals surface area contributed by atoms with Gasteiger partial charge >= 0.3 is 17.9 Å². The van der Waals surface area contributed by atoms with Gasteiger partial charge in [0.2, 0.25) is 0 Å². The fourth-order valence-electron chi connectivity index (χ4n) is 6.19. The smallest absolute Gasteiger partial charge is 0.306 e. The van der Waals surface area contributed by atoms with Crippen molar-refractivity contribution in [2.45, 2.75) is 233 Å². The van der Waals surface area contributed by atoms with E-state index in [1.165, 1.54) is 116 Å². The lowest BCUT2D eigenvalue weighted by Crippen LogP contribution is -2.30. The second kappa shape index (κ2) is 36.2. The maximum absolute atomic E-state index is 12.6. The van der Waals surface area contributed by atoms with Gasteiger partial charge in [0.1, 0.15) is 13.2 Å². The number of rotatable bonds is 37. The summed E-state index contributed by atoms with van der Waals surface area (Å²) >= 11 is 0. The molecule has 0 rings (SSSR count). The van der Waals surface area contributed by atoms with Gasteiger partial charge in [0.15, 0.2) is 6.10 Å². The fourth-order valence-corrected chi connectivity index (χ4v) is 6.19. The van der Waals surface area contributed by atoms with E-state index in [4.69, 9.17) is 14.2 Å². The Morgan fingerprint density at radius 3 is 1.16 bits per heavy atom. The highest BCUT2D eigenvalue weighted by atomic mass is 16.6. The van der Waals surface area contributed by atoms with Gasteiger partial charge in [0.05, 0.1) is 0 Å². The number of esters is 3. The van der Waals surface area contributed by atoms with Crippen molar-refractivity contribution in [3.63, 3.8) is 0 Å². The van der Waals surface area contributed by atoms with E-state index in [0.29, 0.717) is 19.3 Å². The van der Waals surface area contributed by atoms with Crippen LogP contribution >= 0.6 is 0 Å². The second-order valence-electron chi connectivity index (χ2n) is 15.3. The molecule has 0 N–H and O–H groups in total. The fraction of sp³-hybridized carbons (Fsp3) is 0.930. The molecule has 0 radical (unpaired) electrons. The van der Waals surface area contributed by atoms with Crippen molar-refractivity contribution in [3.05, 3.63) is 0 Å². The molecular weight excluding hydrogens is 612 g/mol. The molecule has 0 aliphatic rings. The molecule has 6 nitrogen and oxygen atoms in total. The van der Waals surface area contributed by atoms with Crippen molar-refractivity contribution in [2.24, 2.45) is 11.8 Å². The Labute approximate surface area is 304 Å². The van der Waals surface area contributed by atoms with E-state index in [2.05, 4.69) is 34.6 Å². The summed E-state index contributed by atoms with van der Waals surface area (Å²) < 4.78 is 16.6. The Kier molecular flexibility index (Phi) is 35.0. The highest BCUT2D eigenvalue weighted by molar-refractivity contribution is 5.71. The molecule has 0 saturated carbocycles. The summed E-state index contributed by atoms with van der Waals surface area (Å²) in [5, 5.41) is 0. The van der Waals surface area contributed by atoms with Crippen LogP contribution < -0.4 is 0 Å². The van der Waals surface area contributed by atoms with Gasteiger partial charge in [-0.2, -0.15) is 0 Å². The zero-order valence-electron chi connectivity index (χ0n) is 33.3. The summed E-state index contributed by atoms with van der Waals surface area (Å²) in [6.45, 7) is 11.2. The molecule has 0 aromatic carbocycles. The molecule has 1 unspecified atom stereocenters. The summed E-state index contributed by atoms with van der Waals surface area (Å²) in [7, 11) is 0. The summed E-state index contributed by atoms with van der Waals surface area (Å²) in [6.07, 6.45) is 32.4. The SMILES string of the molecule is CCCCCCCCCC(=O)OC[C@H](COC(=O)CCCCCCCCCCCCCC(C)C)OC(=O)CCCCCCCCC(C)CC. The summed E-state index contributed by atoms with van der Waals surface area (Å²) in [6, 6.07) is 0. The first-order valence-corrected chi connectivity index (χ1v) is 21.3. The number of carbonyl (C=O) groups excluding carboxylic acids is 3. The van der Waals surface area contributed by atoms with Gasteiger partial charge in [0.25, 0.3) is 0 Å². The minimum atomic E-state index is -0.759. The largest absolute Gasteiger partial charge is 0.462 e. The Bertz CT molecular complexity index is 751. The van der Waals surface area contributed by atoms with Crippen LogP contribution in [0, 0.1) is 11.8 Å². The van der Waals surface area contributed by atoms with E-state index in [1.54, 1.807) is 0 Å². The van der Waals surface area contributed by atoms with Crippen LogP contribution in [-0.2, 0) is 28.6 Å². The van der Waals surface area contributed by atoms with Crippen molar-refractivity contribution in [1.29, 1.82) is 0 Å². The molecular formula is C43H82O6. The number of unbranched alkanes of at least 4 members (excludes halogenated alkanes) is 21. The van der Waals surface area contributed by atoms with Crippen LogP contribution in [0.5, 0.6) is 0 Å². The predicted molar refractivity (Wildman–Crippen MR) is 206 cm³/mol. The first-order valence-electron chi connectivity index (χ1n) is 21.3. The van der Waals surface area contributed by atoms with Crippen LogP contribution in [0.1, 0.15) is 227 Å². The van der Waals surface area contributed by atoms with Gasteiger partial charge in [-0.05, 0) is 31.1 Å². The zero-order chi connectivity index (χ0) is 36.2. The minimum absolute atomic E-state index is 0.0665. The lowest BCUT2D eigenvalue weighted by Gasteiger charge is -2.18. The normalized spacial score (nSPS) is 12.6. The van der Waals surface area contributed by atoms with E-state index >= 15 is 0 Å². The molecule has 6 heteroatoms. The molecule has 0 aliphatic carbocycles. The molecule has 0 spiro atoms. The predicted octanol–water partition coefficient (Wildman–Crippen LogP) is 13.0. The van der Waals surface area contributed by atoms with Crippen molar-refractivity contribution < 1.29 is 28.6 Å². The maximum Gasteiger partial charge on any atom is 0.306 e. The Hall–Kier alpha value is -1.59. The summed E-state index contributed by atoms with van der Waals surface area (Å²) in [4.78, 5) is 37.5. The van der Waals surface area contributed by atoms with Crippen LogP contribution in [0.2, 0.25) is 0 Å². The third kappa shape index (κ3) is 36.0. The van der Waals surface area contributed by atoms with Crippen molar-refractivity contribution in [3.8, 4) is 0 Å². The van der Waals surface area contributed by atoms with E-state index in [-0.39, 0.29) is 31.1 Å². The van der Waals surface area contributed by atoms with Crippen molar-refractivity contribution in [1.82, 2.24) is 0 Å². The average molecular weight is 695 g/mol. The van der Waals surface area contributed by atoms with Crippen molar-refractivity contribution >= 4 is 17.9 Å². The molecule has 0 heterocycles. The Balaban J connectivity index is 4.29. The van der Waals surface area contributed by atoms with Gasteiger partial charge in [-0.3, -0.25) is 14.4 Å². The van der Waals surface area contributed by atoms with Crippen LogP contribution in [0.15, 0.2) is 0 Å². The Morgan fingerprint density at radius 1 is 0.429 bits per heavy atom. The van der Waals surface area contributed by atoms with E-state index in [1.807, 2.05) is 0 Å². The molecule has 290 valence electrons. The van der Waals surface area contributed by atoms with Gasteiger partial charge in [-0.1, -0.05) is 189 Å². The first-order chi connectivity index (χ1) is 23.8. The van der Waals surface area contributed by atoms with Gasteiger partial charge in [-0.25, -0.2) is 0 Å².